The van der Waals surface area contributed by atoms with Crippen molar-refractivity contribution in [2.75, 3.05) is 7.05 Å². The Labute approximate surface area is 108 Å². The molecule has 0 N–H and O–H groups in total. The van der Waals surface area contributed by atoms with Gasteiger partial charge in [0, 0.05) is 5.56 Å². The van der Waals surface area contributed by atoms with Gasteiger partial charge < -0.3 is 4.74 Å². The van der Waals surface area contributed by atoms with Gasteiger partial charge >= 0.3 is 0 Å². The molecule has 0 amide bonds. The van der Waals surface area contributed by atoms with Crippen LogP contribution >= 0.6 is 0 Å². The summed E-state index contributed by atoms with van der Waals surface area (Å²) in [5.74, 6) is 0.997. The number of ether oxygens (including phenoxy) is 1. The van der Waals surface area contributed by atoms with Crippen LogP contribution in [0.1, 0.15) is 24.1 Å². The molecule has 1 aliphatic heterocycles. The quantitative estimate of drug-likeness (QED) is 0.755. The normalized spacial score (nSPS) is 23.2. The van der Waals surface area contributed by atoms with Crippen molar-refractivity contribution in [3.8, 4) is 5.75 Å². The molecular weight excluding hydrogens is 222 g/mol. The van der Waals surface area contributed by atoms with Crippen LogP contribution < -0.4 is 4.74 Å². The van der Waals surface area contributed by atoms with Gasteiger partial charge in [-0.25, -0.2) is 0 Å². The summed E-state index contributed by atoms with van der Waals surface area (Å²) >= 11 is 0. The van der Waals surface area contributed by atoms with Gasteiger partial charge in [0.2, 0.25) is 0 Å². The summed E-state index contributed by atoms with van der Waals surface area (Å²) in [4.78, 5) is 2.26. The van der Waals surface area contributed by atoms with Crippen LogP contribution in [-0.2, 0) is 0 Å². The highest BCUT2D eigenvalue weighted by molar-refractivity contribution is 5.43. The SMILES string of the molecule is C[C@@H]1Oc2ccccc2[C@H](c2ccccc2)N1C. The second kappa shape index (κ2) is 4.46. The van der Waals surface area contributed by atoms with Gasteiger partial charge in [0.05, 0.1) is 6.04 Å². The predicted octanol–water partition coefficient (Wildman–Crippen LogP) is 3.45. The second-order valence-electron chi connectivity index (χ2n) is 4.73. The first-order chi connectivity index (χ1) is 8.77. The van der Waals surface area contributed by atoms with Crippen LogP contribution in [0.15, 0.2) is 54.6 Å². The molecule has 2 atom stereocenters. The van der Waals surface area contributed by atoms with Crippen LogP contribution in [0.3, 0.4) is 0 Å². The molecule has 2 heteroatoms. The minimum Gasteiger partial charge on any atom is -0.475 e. The van der Waals surface area contributed by atoms with E-state index in [1.54, 1.807) is 0 Å². The number of hydrogen-bond donors (Lipinski definition) is 0. The lowest BCUT2D eigenvalue weighted by Crippen LogP contribution is -2.41. The highest BCUT2D eigenvalue weighted by Crippen LogP contribution is 2.39. The lowest BCUT2D eigenvalue weighted by molar-refractivity contribution is 0.0167. The molecule has 3 rings (SSSR count). The molecule has 0 saturated heterocycles. The maximum atomic E-state index is 5.92. The van der Waals surface area contributed by atoms with Crippen LogP contribution in [0.25, 0.3) is 0 Å². The highest BCUT2D eigenvalue weighted by Gasteiger charge is 2.31. The molecule has 2 aromatic carbocycles. The first-order valence-corrected chi connectivity index (χ1v) is 6.30. The van der Waals surface area contributed by atoms with Gasteiger partial charge in [-0.1, -0.05) is 48.5 Å². The Balaban J connectivity index is 2.12. The molecule has 18 heavy (non-hydrogen) atoms. The summed E-state index contributed by atoms with van der Waals surface area (Å²) in [5.41, 5.74) is 2.55. The summed E-state index contributed by atoms with van der Waals surface area (Å²) in [7, 11) is 2.11. The van der Waals surface area contributed by atoms with Crippen molar-refractivity contribution in [1.82, 2.24) is 4.90 Å². The maximum Gasteiger partial charge on any atom is 0.150 e. The van der Waals surface area contributed by atoms with Crippen molar-refractivity contribution in [2.24, 2.45) is 0 Å². The average molecular weight is 239 g/mol. The molecule has 0 aliphatic carbocycles. The lowest BCUT2D eigenvalue weighted by Gasteiger charge is -2.39. The van der Waals surface area contributed by atoms with Crippen LogP contribution in [-0.4, -0.2) is 18.2 Å². The molecule has 0 spiro atoms. The number of rotatable bonds is 1. The molecule has 2 nitrogen and oxygen atoms in total. The molecule has 1 aliphatic rings. The van der Waals surface area contributed by atoms with Gasteiger partial charge in [-0.2, -0.15) is 0 Å². The van der Waals surface area contributed by atoms with E-state index < -0.39 is 0 Å². The first kappa shape index (κ1) is 11.3. The first-order valence-electron chi connectivity index (χ1n) is 6.30. The average Bonchev–Trinajstić information content (AvgIpc) is 2.41. The lowest BCUT2D eigenvalue weighted by atomic mass is 9.95. The molecule has 0 aromatic heterocycles. The van der Waals surface area contributed by atoms with E-state index in [0.29, 0.717) is 0 Å². The van der Waals surface area contributed by atoms with Gasteiger partial charge in [0.25, 0.3) is 0 Å². The number of para-hydroxylation sites is 1. The summed E-state index contributed by atoms with van der Waals surface area (Å²) in [6.07, 6.45) is 0.0881. The van der Waals surface area contributed by atoms with Gasteiger partial charge in [-0.15, -0.1) is 0 Å². The Morgan fingerprint density at radius 3 is 2.39 bits per heavy atom. The molecule has 0 saturated carbocycles. The number of hydrogen-bond acceptors (Lipinski definition) is 2. The van der Waals surface area contributed by atoms with Crippen LogP contribution in [0.2, 0.25) is 0 Å². The molecule has 0 bridgehead atoms. The van der Waals surface area contributed by atoms with E-state index in [-0.39, 0.29) is 12.3 Å². The Bertz CT molecular complexity index is 538. The molecule has 92 valence electrons. The molecule has 2 aromatic rings. The summed E-state index contributed by atoms with van der Waals surface area (Å²) in [6, 6.07) is 19.2. The van der Waals surface area contributed by atoms with E-state index >= 15 is 0 Å². The smallest absolute Gasteiger partial charge is 0.150 e. The van der Waals surface area contributed by atoms with Gasteiger partial charge in [0.15, 0.2) is 0 Å². The second-order valence-corrected chi connectivity index (χ2v) is 4.73. The Morgan fingerprint density at radius 2 is 1.61 bits per heavy atom. The van der Waals surface area contributed by atoms with Gasteiger partial charge in [-0.05, 0) is 25.6 Å². The van der Waals surface area contributed by atoms with Crippen molar-refractivity contribution in [1.29, 1.82) is 0 Å². The van der Waals surface area contributed by atoms with Crippen LogP contribution in [0.4, 0.5) is 0 Å². The third-order valence-corrected chi connectivity index (χ3v) is 3.61. The summed E-state index contributed by atoms with van der Waals surface area (Å²) in [5, 5.41) is 0. The van der Waals surface area contributed by atoms with E-state index in [4.69, 9.17) is 4.74 Å². The van der Waals surface area contributed by atoms with Gasteiger partial charge in [0.1, 0.15) is 12.0 Å². The monoisotopic (exact) mass is 239 g/mol. The third kappa shape index (κ3) is 1.79. The van der Waals surface area contributed by atoms with Crippen LogP contribution in [0, 0.1) is 0 Å². The van der Waals surface area contributed by atoms with Crippen molar-refractivity contribution in [2.45, 2.75) is 19.2 Å². The van der Waals surface area contributed by atoms with Crippen molar-refractivity contribution in [3.05, 3.63) is 65.7 Å². The minimum atomic E-state index is 0.0881. The van der Waals surface area contributed by atoms with Gasteiger partial charge in [-0.3, -0.25) is 4.90 Å². The highest BCUT2D eigenvalue weighted by atomic mass is 16.5. The predicted molar refractivity (Wildman–Crippen MR) is 72.6 cm³/mol. The fourth-order valence-electron chi connectivity index (χ4n) is 2.56. The maximum absolute atomic E-state index is 5.92. The van der Waals surface area contributed by atoms with Crippen molar-refractivity contribution >= 4 is 0 Å². The largest absolute Gasteiger partial charge is 0.475 e. The van der Waals surface area contributed by atoms with Crippen molar-refractivity contribution < 1.29 is 4.74 Å². The summed E-state index contributed by atoms with van der Waals surface area (Å²) < 4.78 is 5.92. The van der Waals surface area contributed by atoms with Crippen LogP contribution in [0.5, 0.6) is 5.75 Å². The molecular formula is C16H17NO. The number of nitrogens with zero attached hydrogens (tertiary/aromatic N) is 1. The van der Waals surface area contributed by atoms with E-state index in [1.165, 1.54) is 11.1 Å². The topological polar surface area (TPSA) is 12.5 Å². The summed E-state index contributed by atoms with van der Waals surface area (Å²) in [6.45, 7) is 2.09. The minimum absolute atomic E-state index is 0.0881. The Hall–Kier alpha value is -1.80. The fraction of sp³-hybridized carbons (Fsp3) is 0.250. The molecule has 0 unspecified atom stereocenters. The molecule has 0 fully saturated rings. The molecule has 0 radical (unpaired) electrons. The third-order valence-electron chi connectivity index (χ3n) is 3.61. The van der Waals surface area contributed by atoms with E-state index in [2.05, 4.69) is 67.4 Å². The number of fused-ring (bicyclic) bond motifs is 1. The Kier molecular flexibility index (Phi) is 2.80. The van der Waals surface area contributed by atoms with E-state index in [0.717, 1.165) is 5.75 Å². The molecule has 1 heterocycles. The zero-order chi connectivity index (χ0) is 12.5. The fourth-order valence-corrected chi connectivity index (χ4v) is 2.56. The zero-order valence-corrected chi connectivity index (χ0v) is 10.7. The van der Waals surface area contributed by atoms with E-state index in [1.807, 2.05) is 6.07 Å². The zero-order valence-electron chi connectivity index (χ0n) is 10.7. The number of benzene rings is 2. The van der Waals surface area contributed by atoms with E-state index in [9.17, 15) is 0 Å². The van der Waals surface area contributed by atoms with Crippen molar-refractivity contribution in [3.63, 3.8) is 0 Å². The Morgan fingerprint density at radius 1 is 0.944 bits per heavy atom. The standard InChI is InChI=1S/C16H17NO/c1-12-17(2)16(13-8-4-3-5-9-13)14-10-6-7-11-15(14)18-12/h3-12,16H,1-2H3/t12-,16-/m0/s1.